The van der Waals surface area contributed by atoms with Crippen molar-refractivity contribution in [1.82, 2.24) is 0 Å². The fourth-order valence-electron chi connectivity index (χ4n) is 1.97. The molecule has 1 aromatic rings. The van der Waals surface area contributed by atoms with Gasteiger partial charge < -0.3 is 10.5 Å². The lowest BCUT2D eigenvalue weighted by molar-refractivity contribution is 0.0764. The molecule has 1 heterocycles. The molecule has 0 spiro atoms. The van der Waals surface area contributed by atoms with E-state index in [1.54, 1.807) is 6.07 Å². The maximum absolute atomic E-state index is 13.2. The van der Waals surface area contributed by atoms with Crippen LogP contribution in [0.4, 0.5) is 10.1 Å². The SMILES string of the molecule is CC1OCCC1C(=O)c1ccc(N)c(F)c1. The molecule has 1 fully saturated rings. The highest BCUT2D eigenvalue weighted by molar-refractivity contribution is 5.98. The molecule has 0 bridgehead atoms. The molecule has 86 valence electrons. The van der Waals surface area contributed by atoms with Crippen molar-refractivity contribution in [2.75, 3.05) is 12.3 Å². The van der Waals surface area contributed by atoms with E-state index in [2.05, 4.69) is 0 Å². The quantitative estimate of drug-likeness (QED) is 0.616. The summed E-state index contributed by atoms with van der Waals surface area (Å²) >= 11 is 0. The summed E-state index contributed by atoms with van der Waals surface area (Å²) in [6.45, 7) is 2.46. The monoisotopic (exact) mass is 223 g/mol. The first-order chi connectivity index (χ1) is 7.59. The number of carbonyl (C=O) groups is 1. The number of carbonyl (C=O) groups excluding carboxylic acids is 1. The van der Waals surface area contributed by atoms with Gasteiger partial charge >= 0.3 is 0 Å². The zero-order valence-corrected chi connectivity index (χ0v) is 9.07. The fourth-order valence-corrected chi connectivity index (χ4v) is 1.97. The molecule has 2 rings (SSSR count). The van der Waals surface area contributed by atoms with Gasteiger partial charge in [-0.2, -0.15) is 0 Å². The summed E-state index contributed by atoms with van der Waals surface area (Å²) in [5.41, 5.74) is 5.79. The number of nitrogens with two attached hydrogens (primary N) is 1. The minimum atomic E-state index is -0.544. The molecule has 0 aliphatic carbocycles. The van der Waals surface area contributed by atoms with Crippen LogP contribution in [0.3, 0.4) is 0 Å². The Kier molecular flexibility index (Phi) is 2.92. The number of nitrogen functional groups attached to an aromatic ring is 1. The number of Topliss-reactive ketones (excluding diaryl/α,β-unsaturated/α-hetero) is 1. The van der Waals surface area contributed by atoms with Crippen LogP contribution in [-0.4, -0.2) is 18.5 Å². The average Bonchev–Trinajstić information content (AvgIpc) is 2.67. The second kappa shape index (κ2) is 4.22. The molecule has 1 aromatic carbocycles. The van der Waals surface area contributed by atoms with Crippen LogP contribution in [0.25, 0.3) is 0 Å². The van der Waals surface area contributed by atoms with Gasteiger partial charge in [-0.3, -0.25) is 4.79 Å². The van der Waals surface area contributed by atoms with Crippen LogP contribution >= 0.6 is 0 Å². The van der Waals surface area contributed by atoms with Gasteiger partial charge in [0.15, 0.2) is 5.78 Å². The van der Waals surface area contributed by atoms with E-state index < -0.39 is 5.82 Å². The molecule has 4 heteroatoms. The third kappa shape index (κ3) is 1.93. The lowest BCUT2D eigenvalue weighted by Gasteiger charge is -2.12. The van der Waals surface area contributed by atoms with E-state index in [1.165, 1.54) is 12.1 Å². The molecule has 0 saturated carbocycles. The van der Waals surface area contributed by atoms with Gasteiger partial charge in [-0.25, -0.2) is 4.39 Å². The predicted molar refractivity (Wildman–Crippen MR) is 58.7 cm³/mol. The Morgan fingerprint density at radius 1 is 1.56 bits per heavy atom. The molecule has 0 amide bonds. The maximum atomic E-state index is 13.2. The first-order valence-electron chi connectivity index (χ1n) is 5.30. The van der Waals surface area contributed by atoms with Crippen LogP contribution in [-0.2, 0) is 4.74 Å². The molecule has 0 radical (unpaired) electrons. The molecule has 2 N–H and O–H groups in total. The van der Waals surface area contributed by atoms with Crippen LogP contribution in [0, 0.1) is 11.7 Å². The third-order valence-corrected chi connectivity index (χ3v) is 3.00. The number of hydrogen-bond acceptors (Lipinski definition) is 3. The smallest absolute Gasteiger partial charge is 0.168 e. The summed E-state index contributed by atoms with van der Waals surface area (Å²) in [5, 5.41) is 0. The predicted octanol–water partition coefficient (Wildman–Crippen LogP) is 2.02. The average molecular weight is 223 g/mol. The van der Waals surface area contributed by atoms with E-state index in [0.717, 1.165) is 0 Å². The normalized spacial score (nSPS) is 24.6. The van der Waals surface area contributed by atoms with Gasteiger partial charge in [0.2, 0.25) is 0 Å². The van der Waals surface area contributed by atoms with Gasteiger partial charge in [-0.05, 0) is 31.5 Å². The van der Waals surface area contributed by atoms with Gasteiger partial charge in [0.25, 0.3) is 0 Å². The number of halogens is 1. The summed E-state index contributed by atoms with van der Waals surface area (Å²) in [6.07, 6.45) is 0.611. The summed E-state index contributed by atoms with van der Waals surface area (Å²) in [5.74, 6) is -0.774. The highest BCUT2D eigenvalue weighted by Crippen LogP contribution is 2.25. The van der Waals surface area contributed by atoms with E-state index in [4.69, 9.17) is 10.5 Å². The zero-order chi connectivity index (χ0) is 11.7. The van der Waals surface area contributed by atoms with Gasteiger partial charge in [-0.1, -0.05) is 0 Å². The standard InChI is InChI=1S/C12H14FNO2/c1-7-9(4-5-16-7)12(15)8-2-3-11(14)10(13)6-8/h2-3,6-7,9H,4-5,14H2,1H3. The molecule has 1 saturated heterocycles. The minimum Gasteiger partial charge on any atom is -0.396 e. The molecule has 2 unspecified atom stereocenters. The number of ether oxygens (including phenoxy) is 1. The minimum absolute atomic E-state index is 0.0623. The van der Waals surface area contributed by atoms with E-state index in [0.29, 0.717) is 18.6 Å². The number of benzene rings is 1. The highest BCUT2D eigenvalue weighted by atomic mass is 19.1. The Balaban J connectivity index is 2.23. The van der Waals surface area contributed by atoms with Crippen molar-refractivity contribution < 1.29 is 13.9 Å². The van der Waals surface area contributed by atoms with Crippen molar-refractivity contribution in [2.45, 2.75) is 19.4 Å². The van der Waals surface area contributed by atoms with Crippen LogP contribution in [0.5, 0.6) is 0 Å². The van der Waals surface area contributed by atoms with E-state index in [-0.39, 0.29) is 23.5 Å². The molecule has 3 nitrogen and oxygen atoms in total. The lowest BCUT2D eigenvalue weighted by Crippen LogP contribution is -2.21. The Morgan fingerprint density at radius 3 is 2.88 bits per heavy atom. The van der Waals surface area contributed by atoms with Crippen molar-refractivity contribution in [3.63, 3.8) is 0 Å². The van der Waals surface area contributed by atoms with Crippen LogP contribution in [0.1, 0.15) is 23.7 Å². The largest absolute Gasteiger partial charge is 0.396 e. The van der Waals surface area contributed by atoms with Crippen molar-refractivity contribution in [3.05, 3.63) is 29.6 Å². The van der Waals surface area contributed by atoms with Crippen molar-refractivity contribution in [1.29, 1.82) is 0 Å². The van der Waals surface area contributed by atoms with E-state index in [1.807, 2.05) is 6.92 Å². The fraction of sp³-hybridized carbons (Fsp3) is 0.417. The third-order valence-electron chi connectivity index (χ3n) is 3.00. The number of rotatable bonds is 2. The Hall–Kier alpha value is -1.42. The highest BCUT2D eigenvalue weighted by Gasteiger charge is 2.31. The summed E-state index contributed by atoms with van der Waals surface area (Å²) in [7, 11) is 0. The molecular formula is C12H14FNO2. The van der Waals surface area contributed by atoms with Crippen LogP contribution in [0.15, 0.2) is 18.2 Å². The lowest BCUT2D eigenvalue weighted by atomic mass is 9.92. The second-order valence-corrected chi connectivity index (χ2v) is 4.07. The molecular weight excluding hydrogens is 209 g/mol. The van der Waals surface area contributed by atoms with Crippen molar-refractivity contribution in [3.8, 4) is 0 Å². The van der Waals surface area contributed by atoms with Gasteiger partial charge in [0, 0.05) is 12.2 Å². The van der Waals surface area contributed by atoms with Gasteiger partial charge in [0.05, 0.1) is 17.7 Å². The number of anilines is 1. The first kappa shape index (κ1) is 11.1. The van der Waals surface area contributed by atoms with Crippen molar-refractivity contribution >= 4 is 11.5 Å². The molecule has 2 atom stereocenters. The Labute approximate surface area is 93.4 Å². The first-order valence-corrected chi connectivity index (χ1v) is 5.30. The van der Waals surface area contributed by atoms with Crippen LogP contribution in [0.2, 0.25) is 0 Å². The van der Waals surface area contributed by atoms with E-state index in [9.17, 15) is 9.18 Å². The number of hydrogen-bond donors (Lipinski definition) is 1. The molecule has 0 aromatic heterocycles. The number of ketones is 1. The summed E-state index contributed by atoms with van der Waals surface area (Å²) in [6, 6.07) is 4.18. The topological polar surface area (TPSA) is 52.3 Å². The van der Waals surface area contributed by atoms with Gasteiger partial charge in [0.1, 0.15) is 5.82 Å². The molecule has 16 heavy (non-hydrogen) atoms. The molecule has 1 aliphatic heterocycles. The second-order valence-electron chi connectivity index (χ2n) is 4.07. The summed E-state index contributed by atoms with van der Waals surface area (Å²) in [4.78, 5) is 12.0. The van der Waals surface area contributed by atoms with Gasteiger partial charge in [-0.15, -0.1) is 0 Å². The van der Waals surface area contributed by atoms with Crippen molar-refractivity contribution in [2.24, 2.45) is 5.92 Å². The Morgan fingerprint density at radius 2 is 2.31 bits per heavy atom. The Bertz CT molecular complexity index is 419. The molecule has 1 aliphatic rings. The van der Waals surface area contributed by atoms with E-state index >= 15 is 0 Å². The maximum Gasteiger partial charge on any atom is 0.168 e. The zero-order valence-electron chi connectivity index (χ0n) is 9.07. The van der Waals surface area contributed by atoms with Crippen LogP contribution < -0.4 is 5.73 Å². The summed E-state index contributed by atoms with van der Waals surface area (Å²) < 4.78 is 18.5.